The zero-order valence-corrected chi connectivity index (χ0v) is 6.79. The Labute approximate surface area is 70.2 Å². The minimum atomic E-state index is 0.755. The summed E-state index contributed by atoms with van der Waals surface area (Å²) in [6.45, 7) is 1.95. The molecule has 0 saturated carbocycles. The van der Waals surface area contributed by atoms with Crippen molar-refractivity contribution >= 4 is 17.2 Å². The molecule has 0 spiro atoms. The lowest BCUT2D eigenvalue weighted by molar-refractivity contribution is 0.112. The Kier molecular flexibility index (Phi) is 1.47. The van der Waals surface area contributed by atoms with Crippen molar-refractivity contribution in [2.75, 3.05) is 0 Å². The largest absolute Gasteiger partial charge is 0.361 e. The number of H-pyrrole nitrogens is 1. The van der Waals surface area contributed by atoms with Crippen LogP contribution in [-0.2, 0) is 0 Å². The van der Waals surface area contributed by atoms with Gasteiger partial charge in [-0.05, 0) is 23.9 Å². The summed E-state index contributed by atoms with van der Waals surface area (Å²) in [5.41, 5.74) is 2.83. The fraction of sp³-hybridized carbons (Fsp3) is 0.100. The molecule has 60 valence electrons. The normalized spacial score (nSPS) is 10.4. The third-order valence-electron chi connectivity index (χ3n) is 2.16. The van der Waals surface area contributed by atoms with Gasteiger partial charge in [0.1, 0.15) is 6.29 Å². The van der Waals surface area contributed by atoms with Crippen LogP contribution in [0.2, 0.25) is 0 Å². The molecule has 1 N–H and O–H groups in total. The molecule has 1 heterocycles. The number of rotatable bonds is 1. The highest BCUT2D eigenvalue weighted by Gasteiger charge is 2.01. The highest BCUT2D eigenvalue weighted by Crippen LogP contribution is 2.18. The molecule has 0 saturated heterocycles. The second kappa shape index (κ2) is 2.48. The Balaban J connectivity index is 2.86. The number of carbonyl (C=O) groups is 1. The molecule has 0 unspecified atom stereocenters. The third-order valence-corrected chi connectivity index (χ3v) is 2.16. The maximum atomic E-state index is 10.6. The van der Waals surface area contributed by atoms with Crippen molar-refractivity contribution in [3.63, 3.8) is 0 Å². The van der Waals surface area contributed by atoms with E-state index in [1.54, 1.807) is 0 Å². The molecule has 0 atom stereocenters. The van der Waals surface area contributed by atoms with E-state index < -0.39 is 0 Å². The van der Waals surface area contributed by atoms with E-state index in [1.807, 2.05) is 31.3 Å². The van der Waals surface area contributed by atoms with Gasteiger partial charge in [-0.1, -0.05) is 12.1 Å². The number of aldehydes is 1. The fourth-order valence-electron chi connectivity index (χ4n) is 1.42. The van der Waals surface area contributed by atoms with E-state index in [0.29, 0.717) is 0 Å². The van der Waals surface area contributed by atoms with Crippen LogP contribution < -0.4 is 0 Å². The van der Waals surface area contributed by atoms with Crippen molar-refractivity contribution in [3.8, 4) is 0 Å². The molecule has 2 heteroatoms. The number of aromatic amines is 1. The second-order valence-corrected chi connectivity index (χ2v) is 2.84. The van der Waals surface area contributed by atoms with E-state index in [4.69, 9.17) is 0 Å². The Morgan fingerprint density at radius 1 is 1.33 bits per heavy atom. The number of carbonyl (C=O) groups excluding carboxylic acids is 1. The number of aryl methyl sites for hydroxylation is 1. The maximum Gasteiger partial charge on any atom is 0.150 e. The summed E-state index contributed by atoms with van der Waals surface area (Å²) in [5, 5.41) is 1.15. The van der Waals surface area contributed by atoms with Crippen molar-refractivity contribution in [1.29, 1.82) is 0 Å². The van der Waals surface area contributed by atoms with Crippen molar-refractivity contribution in [3.05, 3.63) is 35.5 Å². The number of hydrogen-bond acceptors (Lipinski definition) is 1. The quantitative estimate of drug-likeness (QED) is 0.636. The molecule has 2 rings (SSSR count). The first-order valence-electron chi connectivity index (χ1n) is 3.85. The Morgan fingerprint density at radius 2 is 2.17 bits per heavy atom. The van der Waals surface area contributed by atoms with E-state index in [1.165, 1.54) is 0 Å². The van der Waals surface area contributed by atoms with Crippen LogP contribution in [0.3, 0.4) is 0 Å². The monoisotopic (exact) mass is 159 g/mol. The molecule has 0 fully saturated rings. The van der Waals surface area contributed by atoms with Crippen molar-refractivity contribution < 1.29 is 4.79 Å². The smallest absolute Gasteiger partial charge is 0.150 e. The summed E-state index contributed by atoms with van der Waals surface area (Å²) in [7, 11) is 0. The topological polar surface area (TPSA) is 32.9 Å². The summed E-state index contributed by atoms with van der Waals surface area (Å²) in [6, 6.07) is 5.79. The zero-order valence-electron chi connectivity index (χ0n) is 6.79. The van der Waals surface area contributed by atoms with Crippen LogP contribution in [0, 0.1) is 6.92 Å². The first-order chi connectivity index (χ1) is 5.83. The van der Waals surface area contributed by atoms with E-state index >= 15 is 0 Å². The summed E-state index contributed by atoms with van der Waals surface area (Å²) in [4.78, 5) is 13.7. The van der Waals surface area contributed by atoms with Crippen LogP contribution in [0.5, 0.6) is 0 Å². The molecule has 0 aliphatic carbocycles. The van der Waals surface area contributed by atoms with E-state index in [2.05, 4.69) is 4.98 Å². The average molecular weight is 159 g/mol. The molecule has 0 aliphatic rings. The van der Waals surface area contributed by atoms with Crippen LogP contribution in [0.25, 0.3) is 10.9 Å². The van der Waals surface area contributed by atoms with Gasteiger partial charge in [0.2, 0.25) is 0 Å². The van der Waals surface area contributed by atoms with Crippen LogP contribution in [-0.4, -0.2) is 11.3 Å². The molecule has 12 heavy (non-hydrogen) atoms. The highest BCUT2D eigenvalue weighted by atomic mass is 16.1. The molecule has 2 nitrogen and oxygen atoms in total. The maximum absolute atomic E-state index is 10.6. The van der Waals surface area contributed by atoms with E-state index in [0.717, 1.165) is 28.3 Å². The van der Waals surface area contributed by atoms with Crippen LogP contribution >= 0.6 is 0 Å². The van der Waals surface area contributed by atoms with Crippen LogP contribution in [0.1, 0.15) is 15.9 Å². The summed E-state index contributed by atoms with van der Waals surface area (Å²) in [5.74, 6) is 0. The molecule has 1 aromatic carbocycles. The Morgan fingerprint density at radius 3 is 2.92 bits per heavy atom. The number of hydrogen-bond donors (Lipinski definition) is 1. The van der Waals surface area contributed by atoms with Crippen LogP contribution in [0.4, 0.5) is 0 Å². The van der Waals surface area contributed by atoms with Crippen molar-refractivity contribution in [2.24, 2.45) is 0 Å². The molecular weight excluding hydrogens is 150 g/mol. The zero-order chi connectivity index (χ0) is 8.55. The lowest BCUT2D eigenvalue weighted by atomic mass is 10.1. The molecule has 0 radical (unpaired) electrons. The molecular formula is C10H9NO. The van der Waals surface area contributed by atoms with Gasteiger partial charge >= 0.3 is 0 Å². The van der Waals surface area contributed by atoms with Gasteiger partial charge in [0.15, 0.2) is 0 Å². The van der Waals surface area contributed by atoms with Gasteiger partial charge in [-0.15, -0.1) is 0 Å². The summed E-state index contributed by atoms with van der Waals surface area (Å²) >= 11 is 0. The molecule has 0 bridgehead atoms. The molecule has 2 aromatic rings. The van der Waals surface area contributed by atoms with Gasteiger partial charge in [0.25, 0.3) is 0 Å². The number of aromatic nitrogens is 1. The number of fused-ring (bicyclic) bond motifs is 1. The number of nitrogens with one attached hydrogen (secondary N) is 1. The van der Waals surface area contributed by atoms with Crippen molar-refractivity contribution in [2.45, 2.75) is 6.92 Å². The predicted octanol–water partition coefficient (Wildman–Crippen LogP) is 2.29. The van der Waals surface area contributed by atoms with E-state index in [-0.39, 0.29) is 0 Å². The molecule has 0 aliphatic heterocycles. The van der Waals surface area contributed by atoms with Crippen LogP contribution in [0.15, 0.2) is 24.4 Å². The van der Waals surface area contributed by atoms with E-state index in [9.17, 15) is 4.79 Å². The highest BCUT2D eigenvalue weighted by molar-refractivity contribution is 5.90. The summed E-state index contributed by atoms with van der Waals surface area (Å²) < 4.78 is 0. The van der Waals surface area contributed by atoms with Gasteiger partial charge in [-0.2, -0.15) is 0 Å². The lowest BCUT2D eigenvalue weighted by Crippen LogP contribution is -1.86. The SMILES string of the molecule is Cc1c(C=O)ccc2cc[nH]c12. The molecule has 1 aromatic heterocycles. The van der Waals surface area contributed by atoms with Gasteiger partial charge < -0.3 is 4.98 Å². The average Bonchev–Trinajstić information content (AvgIpc) is 2.53. The third kappa shape index (κ3) is 0.848. The van der Waals surface area contributed by atoms with Gasteiger partial charge in [0, 0.05) is 17.3 Å². The minimum Gasteiger partial charge on any atom is -0.361 e. The van der Waals surface area contributed by atoms with Gasteiger partial charge in [-0.25, -0.2) is 0 Å². The minimum absolute atomic E-state index is 0.755. The number of benzene rings is 1. The standard InChI is InChI=1S/C10H9NO/c1-7-9(6-12)3-2-8-4-5-11-10(7)8/h2-6,11H,1H3. The fourth-order valence-corrected chi connectivity index (χ4v) is 1.42. The second-order valence-electron chi connectivity index (χ2n) is 2.84. The molecule has 0 amide bonds. The van der Waals surface area contributed by atoms with Gasteiger partial charge in [0.05, 0.1) is 0 Å². The lowest BCUT2D eigenvalue weighted by Gasteiger charge is -1.98. The Bertz CT molecular complexity index is 428. The first-order valence-corrected chi connectivity index (χ1v) is 3.85. The van der Waals surface area contributed by atoms with Gasteiger partial charge in [-0.3, -0.25) is 4.79 Å². The first kappa shape index (κ1) is 7.10. The Hall–Kier alpha value is -1.57. The summed E-state index contributed by atoms with van der Waals surface area (Å²) in [6.07, 6.45) is 2.77. The van der Waals surface area contributed by atoms with Crippen molar-refractivity contribution in [1.82, 2.24) is 4.98 Å². The predicted molar refractivity (Wildman–Crippen MR) is 48.4 cm³/mol.